The molecule has 24 heavy (non-hydrogen) atoms. The Labute approximate surface area is 142 Å². The van der Waals surface area contributed by atoms with Gasteiger partial charge in [-0.25, -0.2) is 4.98 Å². The van der Waals surface area contributed by atoms with E-state index in [-0.39, 0.29) is 0 Å². The SMILES string of the molecule is CC1CCN(CC(O)Cn2ccnc2C(O)c2cccnc2)CC1. The van der Waals surface area contributed by atoms with Gasteiger partial charge in [-0.3, -0.25) is 4.98 Å². The summed E-state index contributed by atoms with van der Waals surface area (Å²) >= 11 is 0. The first-order chi connectivity index (χ1) is 11.6. The second-order valence-electron chi connectivity index (χ2n) is 6.76. The van der Waals surface area contributed by atoms with Crippen molar-refractivity contribution < 1.29 is 10.2 Å². The quantitative estimate of drug-likeness (QED) is 0.839. The number of piperidine rings is 1. The molecule has 0 aliphatic carbocycles. The fourth-order valence-electron chi connectivity index (χ4n) is 3.24. The molecule has 2 atom stereocenters. The number of rotatable bonds is 6. The van der Waals surface area contributed by atoms with Crippen molar-refractivity contribution in [2.45, 2.75) is 38.5 Å². The van der Waals surface area contributed by atoms with Gasteiger partial charge in [0.15, 0.2) is 0 Å². The van der Waals surface area contributed by atoms with Crippen molar-refractivity contribution in [3.05, 3.63) is 48.3 Å². The van der Waals surface area contributed by atoms with Gasteiger partial charge in [0.2, 0.25) is 0 Å². The number of β-amino-alcohol motifs (C(OH)–C–C–N with tert-alkyl or cyclic N) is 1. The summed E-state index contributed by atoms with van der Waals surface area (Å²) in [7, 11) is 0. The van der Waals surface area contributed by atoms with Gasteiger partial charge in [0.25, 0.3) is 0 Å². The van der Waals surface area contributed by atoms with E-state index in [0.717, 1.165) is 19.0 Å². The maximum atomic E-state index is 10.5. The Morgan fingerprint density at radius 2 is 2.00 bits per heavy atom. The van der Waals surface area contributed by atoms with Crippen LogP contribution in [0.1, 0.15) is 37.3 Å². The monoisotopic (exact) mass is 330 g/mol. The first-order valence-electron chi connectivity index (χ1n) is 8.63. The fourth-order valence-corrected chi connectivity index (χ4v) is 3.24. The van der Waals surface area contributed by atoms with E-state index in [2.05, 4.69) is 21.8 Å². The molecule has 2 aromatic heterocycles. The van der Waals surface area contributed by atoms with Gasteiger partial charge in [0, 0.05) is 36.9 Å². The molecule has 2 aromatic rings. The molecule has 1 aliphatic heterocycles. The second kappa shape index (κ2) is 7.88. The number of nitrogens with zero attached hydrogens (tertiary/aromatic N) is 4. The van der Waals surface area contributed by atoms with E-state index in [4.69, 9.17) is 0 Å². The highest BCUT2D eigenvalue weighted by Gasteiger charge is 2.21. The largest absolute Gasteiger partial charge is 0.390 e. The predicted octanol–water partition coefficient (Wildman–Crippen LogP) is 1.45. The van der Waals surface area contributed by atoms with E-state index in [9.17, 15) is 10.2 Å². The molecule has 1 fully saturated rings. The molecule has 130 valence electrons. The van der Waals surface area contributed by atoms with E-state index in [1.807, 2.05) is 10.6 Å². The number of aliphatic hydroxyl groups is 2. The Morgan fingerprint density at radius 1 is 1.21 bits per heavy atom. The topological polar surface area (TPSA) is 74.4 Å². The van der Waals surface area contributed by atoms with Crippen molar-refractivity contribution in [3.8, 4) is 0 Å². The number of aliphatic hydroxyl groups excluding tert-OH is 2. The smallest absolute Gasteiger partial charge is 0.142 e. The summed E-state index contributed by atoms with van der Waals surface area (Å²) in [5, 5.41) is 20.9. The molecule has 0 spiro atoms. The van der Waals surface area contributed by atoms with Gasteiger partial charge in [-0.1, -0.05) is 13.0 Å². The first kappa shape index (κ1) is 17.1. The molecule has 2 N–H and O–H groups in total. The van der Waals surface area contributed by atoms with Gasteiger partial charge in [-0.2, -0.15) is 0 Å². The highest BCUT2D eigenvalue weighted by molar-refractivity contribution is 5.19. The van der Waals surface area contributed by atoms with Crippen LogP contribution < -0.4 is 0 Å². The molecule has 0 radical (unpaired) electrons. The van der Waals surface area contributed by atoms with Gasteiger partial charge < -0.3 is 19.7 Å². The lowest BCUT2D eigenvalue weighted by atomic mass is 9.99. The summed E-state index contributed by atoms with van der Waals surface area (Å²) in [6.45, 7) is 5.47. The summed E-state index contributed by atoms with van der Waals surface area (Å²) in [6, 6.07) is 3.61. The third kappa shape index (κ3) is 4.20. The van der Waals surface area contributed by atoms with Crippen LogP contribution in [0, 0.1) is 5.92 Å². The third-order valence-corrected chi connectivity index (χ3v) is 4.75. The van der Waals surface area contributed by atoms with E-state index >= 15 is 0 Å². The Morgan fingerprint density at radius 3 is 2.71 bits per heavy atom. The highest BCUT2D eigenvalue weighted by atomic mass is 16.3. The second-order valence-corrected chi connectivity index (χ2v) is 6.76. The number of hydrogen-bond donors (Lipinski definition) is 2. The lowest BCUT2D eigenvalue weighted by Crippen LogP contribution is -2.39. The maximum Gasteiger partial charge on any atom is 0.142 e. The third-order valence-electron chi connectivity index (χ3n) is 4.75. The molecule has 3 rings (SSSR count). The van der Waals surface area contributed by atoms with Gasteiger partial charge in [-0.15, -0.1) is 0 Å². The Kier molecular flexibility index (Phi) is 5.60. The lowest BCUT2D eigenvalue weighted by molar-refractivity contribution is 0.0778. The molecule has 3 heterocycles. The van der Waals surface area contributed by atoms with Gasteiger partial charge >= 0.3 is 0 Å². The molecule has 0 amide bonds. The van der Waals surface area contributed by atoms with Crippen LogP contribution in [-0.4, -0.2) is 55.4 Å². The van der Waals surface area contributed by atoms with Crippen LogP contribution in [0.25, 0.3) is 0 Å². The minimum absolute atomic E-state index is 0.429. The standard InChI is InChI=1S/C18H26N4O2/c1-14-4-8-21(9-5-14)12-16(23)13-22-10-7-20-18(22)17(24)15-3-2-6-19-11-15/h2-3,6-7,10-11,14,16-17,23-24H,4-5,8-9,12-13H2,1H3. The fraction of sp³-hybridized carbons (Fsp3) is 0.556. The van der Waals surface area contributed by atoms with Crippen LogP contribution in [0.5, 0.6) is 0 Å². The van der Waals surface area contributed by atoms with E-state index in [1.54, 1.807) is 30.9 Å². The summed E-state index contributed by atoms with van der Waals surface area (Å²) in [5.74, 6) is 1.32. The molecule has 1 aliphatic rings. The normalized spacial score (nSPS) is 19.3. The van der Waals surface area contributed by atoms with Crippen molar-refractivity contribution in [3.63, 3.8) is 0 Å². The summed E-state index contributed by atoms with van der Waals surface area (Å²) in [6.07, 6.45) is 7.84. The average Bonchev–Trinajstić information content (AvgIpc) is 3.05. The lowest BCUT2D eigenvalue weighted by Gasteiger charge is -2.31. The molecule has 6 nitrogen and oxygen atoms in total. The van der Waals surface area contributed by atoms with Gasteiger partial charge in [-0.05, 0) is 37.9 Å². The molecule has 1 saturated heterocycles. The summed E-state index contributed by atoms with van der Waals surface area (Å²) in [4.78, 5) is 10.6. The minimum atomic E-state index is -0.836. The van der Waals surface area contributed by atoms with Gasteiger partial charge in [0.1, 0.15) is 11.9 Å². The Balaban J connectivity index is 1.61. The minimum Gasteiger partial charge on any atom is -0.390 e. The van der Waals surface area contributed by atoms with Crippen LogP contribution in [0.2, 0.25) is 0 Å². The van der Waals surface area contributed by atoms with Gasteiger partial charge in [0.05, 0.1) is 12.6 Å². The number of hydrogen-bond acceptors (Lipinski definition) is 5. The van der Waals surface area contributed by atoms with Crippen molar-refractivity contribution in [1.82, 2.24) is 19.4 Å². The maximum absolute atomic E-state index is 10.5. The molecule has 0 aromatic carbocycles. The van der Waals surface area contributed by atoms with Crippen molar-refractivity contribution >= 4 is 0 Å². The molecule has 0 bridgehead atoms. The number of imidazole rings is 1. The number of likely N-dealkylation sites (tertiary alicyclic amines) is 1. The zero-order valence-electron chi connectivity index (χ0n) is 14.1. The van der Waals surface area contributed by atoms with Crippen LogP contribution in [-0.2, 0) is 6.54 Å². The van der Waals surface area contributed by atoms with Crippen LogP contribution in [0.3, 0.4) is 0 Å². The summed E-state index contributed by atoms with van der Waals surface area (Å²) in [5.41, 5.74) is 0.699. The van der Waals surface area contributed by atoms with Crippen LogP contribution >= 0.6 is 0 Å². The van der Waals surface area contributed by atoms with Crippen LogP contribution in [0.15, 0.2) is 36.9 Å². The van der Waals surface area contributed by atoms with E-state index in [0.29, 0.717) is 24.5 Å². The molecular formula is C18H26N4O2. The summed E-state index contributed by atoms with van der Waals surface area (Å²) < 4.78 is 1.83. The highest BCUT2D eigenvalue weighted by Crippen LogP contribution is 2.20. The van der Waals surface area contributed by atoms with Crippen molar-refractivity contribution in [2.75, 3.05) is 19.6 Å². The molecule has 6 heteroatoms. The van der Waals surface area contributed by atoms with Crippen molar-refractivity contribution in [2.24, 2.45) is 5.92 Å². The Hall–Kier alpha value is -1.76. The zero-order valence-corrected chi connectivity index (χ0v) is 14.1. The van der Waals surface area contributed by atoms with E-state index in [1.165, 1.54) is 12.8 Å². The zero-order chi connectivity index (χ0) is 16.9. The average molecular weight is 330 g/mol. The molecular weight excluding hydrogens is 304 g/mol. The Bertz CT molecular complexity index is 623. The van der Waals surface area contributed by atoms with Crippen LogP contribution in [0.4, 0.5) is 0 Å². The number of pyridine rings is 1. The number of aromatic nitrogens is 3. The molecule has 0 saturated carbocycles. The molecule has 2 unspecified atom stereocenters. The first-order valence-corrected chi connectivity index (χ1v) is 8.63. The van der Waals surface area contributed by atoms with E-state index < -0.39 is 12.2 Å². The van der Waals surface area contributed by atoms with Crippen molar-refractivity contribution in [1.29, 1.82) is 0 Å². The predicted molar refractivity (Wildman–Crippen MR) is 91.4 cm³/mol.